The normalized spacial score (nSPS) is 14.0. The van der Waals surface area contributed by atoms with E-state index < -0.39 is 0 Å². The van der Waals surface area contributed by atoms with Crippen molar-refractivity contribution in [1.82, 2.24) is 10.1 Å². The number of hydrogen-bond acceptors (Lipinski definition) is 6. The first-order valence-corrected chi connectivity index (χ1v) is 7.09. The quantitative estimate of drug-likeness (QED) is 0.707. The molecule has 1 heterocycles. The van der Waals surface area contributed by atoms with Gasteiger partial charge in [-0.15, -0.1) is 0 Å². The molecule has 1 aromatic carbocycles. The number of phenols is 2. The Balaban J connectivity index is 2.05. The van der Waals surface area contributed by atoms with Gasteiger partial charge in [-0.1, -0.05) is 18.5 Å². The Kier molecular flexibility index (Phi) is 4.80. The van der Waals surface area contributed by atoms with Crippen LogP contribution in [0.2, 0.25) is 0 Å². The highest BCUT2D eigenvalue weighted by Crippen LogP contribution is 2.30. The van der Waals surface area contributed by atoms with Crippen molar-refractivity contribution in [2.24, 2.45) is 5.73 Å². The standard InChI is InChI=1S/C15H21N3O3/c1-9(4-3-5-10(2)16)15-17-14(18-21-15)11-6-7-12(19)13(20)8-11/h6-10,19-20H,3-5,16H2,1-2H3. The average molecular weight is 291 g/mol. The van der Waals surface area contributed by atoms with Gasteiger partial charge in [-0.25, -0.2) is 0 Å². The van der Waals surface area contributed by atoms with E-state index in [1.54, 1.807) is 6.07 Å². The van der Waals surface area contributed by atoms with Crippen molar-refractivity contribution in [3.8, 4) is 22.9 Å². The van der Waals surface area contributed by atoms with Crippen LogP contribution in [0.3, 0.4) is 0 Å². The summed E-state index contributed by atoms with van der Waals surface area (Å²) in [6.07, 6.45) is 2.91. The lowest BCUT2D eigenvalue weighted by Gasteiger charge is -2.07. The van der Waals surface area contributed by atoms with E-state index in [9.17, 15) is 10.2 Å². The molecule has 114 valence electrons. The molecule has 0 saturated heterocycles. The number of hydrogen-bond donors (Lipinski definition) is 3. The van der Waals surface area contributed by atoms with Gasteiger partial charge in [-0.3, -0.25) is 0 Å². The Bertz CT molecular complexity index is 596. The van der Waals surface area contributed by atoms with Crippen LogP contribution in [-0.4, -0.2) is 26.4 Å². The van der Waals surface area contributed by atoms with Crippen LogP contribution >= 0.6 is 0 Å². The highest BCUT2D eigenvalue weighted by atomic mass is 16.5. The largest absolute Gasteiger partial charge is 0.504 e. The summed E-state index contributed by atoms with van der Waals surface area (Å²) in [5, 5.41) is 22.7. The smallest absolute Gasteiger partial charge is 0.229 e. The summed E-state index contributed by atoms with van der Waals surface area (Å²) in [6, 6.07) is 4.64. The van der Waals surface area contributed by atoms with Crippen LogP contribution in [0.1, 0.15) is 44.9 Å². The number of nitrogens with zero attached hydrogens (tertiary/aromatic N) is 2. The molecule has 6 nitrogen and oxygen atoms in total. The minimum Gasteiger partial charge on any atom is -0.504 e. The maximum absolute atomic E-state index is 9.50. The zero-order chi connectivity index (χ0) is 15.4. The summed E-state index contributed by atoms with van der Waals surface area (Å²) in [7, 11) is 0. The summed E-state index contributed by atoms with van der Waals surface area (Å²) < 4.78 is 5.27. The van der Waals surface area contributed by atoms with Crippen LogP contribution in [0.15, 0.2) is 22.7 Å². The van der Waals surface area contributed by atoms with Gasteiger partial charge in [-0.05, 0) is 38.0 Å². The highest BCUT2D eigenvalue weighted by Gasteiger charge is 2.16. The lowest BCUT2D eigenvalue weighted by atomic mass is 10.0. The summed E-state index contributed by atoms with van der Waals surface area (Å²) in [5.41, 5.74) is 6.33. The van der Waals surface area contributed by atoms with Crippen LogP contribution in [0.5, 0.6) is 11.5 Å². The molecule has 2 aromatic rings. The van der Waals surface area contributed by atoms with Crippen LogP contribution in [-0.2, 0) is 0 Å². The second-order valence-electron chi connectivity index (χ2n) is 5.47. The highest BCUT2D eigenvalue weighted by molar-refractivity contribution is 5.59. The number of nitrogens with two attached hydrogens (primary N) is 1. The third kappa shape index (κ3) is 3.95. The molecular formula is C15H21N3O3. The van der Waals surface area contributed by atoms with E-state index in [4.69, 9.17) is 10.3 Å². The molecule has 0 saturated carbocycles. The van der Waals surface area contributed by atoms with Gasteiger partial charge in [0.15, 0.2) is 11.5 Å². The molecule has 2 atom stereocenters. The van der Waals surface area contributed by atoms with Crippen LogP contribution in [0.25, 0.3) is 11.4 Å². The van der Waals surface area contributed by atoms with E-state index in [1.807, 2.05) is 13.8 Å². The van der Waals surface area contributed by atoms with Crippen LogP contribution in [0, 0.1) is 0 Å². The number of aromatic hydroxyl groups is 2. The maximum Gasteiger partial charge on any atom is 0.229 e. The second-order valence-corrected chi connectivity index (χ2v) is 5.47. The zero-order valence-electron chi connectivity index (χ0n) is 12.3. The number of rotatable bonds is 6. The predicted octanol–water partition coefficient (Wildman–Crippen LogP) is 2.77. The minimum atomic E-state index is -0.205. The van der Waals surface area contributed by atoms with E-state index in [0.29, 0.717) is 17.3 Å². The summed E-state index contributed by atoms with van der Waals surface area (Å²) in [6.45, 7) is 4.03. The molecular weight excluding hydrogens is 270 g/mol. The third-order valence-electron chi connectivity index (χ3n) is 3.39. The number of benzene rings is 1. The van der Waals surface area contributed by atoms with Gasteiger partial charge in [0.25, 0.3) is 0 Å². The SMILES string of the molecule is CC(N)CCCC(C)c1nc(-c2ccc(O)c(O)c2)no1. The molecule has 2 rings (SSSR count). The molecule has 21 heavy (non-hydrogen) atoms. The lowest BCUT2D eigenvalue weighted by molar-refractivity contribution is 0.350. The van der Waals surface area contributed by atoms with E-state index in [0.717, 1.165) is 19.3 Å². The number of aromatic nitrogens is 2. The van der Waals surface area contributed by atoms with Crippen molar-refractivity contribution in [3.05, 3.63) is 24.1 Å². The fraction of sp³-hybridized carbons (Fsp3) is 0.467. The molecule has 0 aliphatic carbocycles. The predicted molar refractivity (Wildman–Crippen MR) is 79.0 cm³/mol. The van der Waals surface area contributed by atoms with Gasteiger partial charge in [0.2, 0.25) is 11.7 Å². The van der Waals surface area contributed by atoms with Gasteiger partial charge >= 0.3 is 0 Å². The first kappa shape index (κ1) is 15.3. The molecule has 1 aromatic heterocycles. The lowest BCUT2D eigenvalue weighted by Crippen LogP contribution is -2.14. The molecule has 4 N–H and O–H groups in total. The average Bonchev–Trinajstić information content (AvgIpc) is 2.91. The van der Waals surface area contributed by atoms with Crippen molar-refractivity contribution in [2.45, 2.75) is 45.1 Å². The molecule has 2 unspecified atom stereocenters. The fourth-order valence-electron chi connectivity index (χ4n) is 2.08. The van der Waals surface area contributed by atoms with E-state index in [2.05, 4.69) is 10.1 Å². The number of phenolic OH excluding ortho intramolecular Hbond substituents is 2. The summed E-state index contributed by atoms with van der Waals surface area (Å²) in [4.78, 5) is 4.35. The molecule has 0 amide bonds. The van der Waals surface area contributed by atoms with Crippen molar-refractivity contribution in [2.75, 3.05) is 0 Å². The van der Waals surface area contributed by atoms with Crippen LogP contribution < -0.4 is 5.73 Å². The Labute approximate surface area is 123 Å². The first-order chi connectivity index (χ1) is 9.97. The molecule has 0 aliphatic rings. The fourth-order valence-corrected chi connectivity index (χ4v) is 2.08. The monoisotopic (exact) mass is 291 g/mol. The summed E-state index contributed by atoms with van der Waals surface area (Å²) >= 11 is 0. The topological polar surface area (TPSA) is 105 Å². The van der Waals surface area contributed by atoms with Crippen molar-refractivity contribution >= 4 is 0 Å². The van der Waals surface area contributed by atoms with E-state index in [1.165, 1.54) is 12.1 Å². The molecule has 0 fully saturated rings. The van der Waals surface area contributed by atoms with Crippen molar-refractivity contribution < 1.29 is 14.7 Å². The zero-order valence-corrected chi connectivity index (χ0v) is 12.3. The maximum atomic E-state index is 9.50. The summed E-state index contributed by atoms with van der Waals surface area (Å²) in [5.74, 6) is 0.757. The van der Waals surface area contributed by atoms with Crippen LogP contribution in [0.4, 0.5) is 0 Å². The van der Waals surface area contributed by atoms with Gasteiger partial charge in [-0.2, -0.15) is 4.98 Å². The first-order valence-electron chi connectivity index (χ1n) is 7.09. The van der Waals surface area contributed by atoms with E-state index >= 15 is 0 Å². The molecule has 6 heteroatoms. The van der Waals surface area contributed by atoms with Gasteiger partial charge in [0.1, 0.15) is 0 Å². The van der Waals surface area contributed by atoms with Gasteiger partial charge < -0.3 is 20.5 Å². The van der Waals surface area contributed by atoms with Crippen molar-refractivity contribution in [1.29, 1.82) is 0 Å². The van der Waals surface area contributed by atoms with Gasteiger partial charge in [0, 0.05) is 17.5 Å². The van der Waals surface area contributed by atoms with Crippen molar-refractivity contribution in [3.63, 3.8) is 0 Å². The Morgan fingerprint density at radius 2 is 1.95 bits per heavy atom. The molecule has 0 aliphatic heterocycles. The second kappa shape index (κ2) is 6.58. The molecule has 0 bridgehead atoms. The Hall–Kier alpha value is -2.08. The minimum absolute atomic E-state index is 0.163. The van der Waals surface area contributed by atoms with E-state index in [-0.39, 0.29) is 23.5 Å². The Morgan fingerprint density at radius 1 is 1.19 bits per heavy atom. The Morgan fingerprint density at radius 3 is 2.62 bits per heavy atom. The van der Waals surface area contributed by atoms with Gasteiger partial charge in [0.05, 0.1) is 0 Å². The third-order valence-corrected chi connectivity index (χ3v) is 3.39. The molecule has 0 spiro atoms. The molecule has 0 radical (unpaired) electrons.